The summed E-state index contributed by atoms with van der Waals surface area (Å²) in [4.78, 5) is 4.24. The second-order valence-corrected chi connectivity index (χ2v) is 8.31. The molecule has 7 heteroatoms. The van der Waals surface area contributed by atoms with E-state index in [1.807, 2.05) is 6.92 Å². The zero-order valence-corrected chi connectivity index (χ0v) is 16.8. The molecule has 2 rings (SSSR count). The van der Waals surface area contributed by atoms with Crippen LogP contribution in [0.1, 0.15) is 51.9 Å². The Bertz CT molecular complexity index is 402. The minimum Gasteiger partial charge on any atom is -0.388 e. The zero-order valence-electron chi connectivity index (χ0n) is 13.6. The minimum absolute atomic E-state index is 0. The van der Waals surface area contributed by atoms with E-state index < -0.39 is 16.4 Å². The van der Waals surface area contributed by atoms with E-state index in [2.05, 4.69) is 15.6 Å². The Kier molecular flexibility index (Phi) is 8.63. The summed E-state index contributed by atoms with van der Waals surface area (Å²) in [6.45, 7) is 2.55. The molecule has 3 unspecified atom stereocenters. The van der Waals surface area contributed by atoms with Crippen molar-refractivity contribution in [1.82, 2.24) is 10.6 Å². The lowest BCUT2D eigenvalue weighted by Crippen LogP contribution is -2.53. The summed E-state index contributed by atoms with van der Waals surface area (Å²) in [6.07, 6.45) is 7.10. The second kappa shape index (κ2) is 9.42. The number of guanidine groups is 1. The molecule has 22 heavy (non-hydrogen) atoms. The third-order valence-corrected chi connectivity index (χ3v) is 6.46. The smallest absolute Gasteiger partial charge is 0.191 e. The van der Waals surface area contributed by atoms with Crippen LogP contribution in [0.2, 0.25) is 0 Å². The first-order valence-corrected chi connectivity index (χ1v) is 9.51. The largest absolute Gasteiger partial charge is 0.388 e. The van der Waals surface area contributed by atoms with Crippen molar-refractivity contribution in [2.45, 2.75) is 68.8 Å². The van der Waals surface area contributed by atoms with E-state index in [-0.39, 0.29) is 24.0 Å². The molecule has 2 aliphatic carbocycles. The van der Waals surface area contributed by atoms with E-state index in [0.29, 0.717) is 17.8 Å². The van der Waals surface area contributed by atoms with Gasteiger partial charge in [-0.05, 0) is 38.5 Å². The average Bonchev–Trinajstić information content (AvgIpc) is 2.48. The number of hydrogen-bond acceptors (Lipinski definition) is 3. The fraction of sp³-hybridized carbons (Fsp3) is 0.933. The van der Waals surface area contributed by atoms with Crippen molar-refractivity contribution >= 4 is 40.7 Å². The molecule has 130 valence electrons. The molecule has 0 bridgehead atoms. The van der Waals surface area contributed by atoms with Crippen LogP contribution in [-0.2, 0) is 10.8 Å². The van der Waals surface area contributed by atoms with Crippen molar-refractivity contribution in [2.75, 3.05) is 19.3 Å². The molecule has 0 aliphatic heterocycles. The number of nitrogens with zero attached hydrogens (tertiary/aromatic N) is 1. The molecule has 0 aromatic rings. The molecule has 0 radical (unpaired) electrons. The summed E-state index contributed by atoms with van der Waals surface area (Å²) in [7, 11) is 1.05. The van der Waals surface area contributed by atoms with Crippen LogP contribution in [0.15, 0.2) is 4.99 Å². The van der Waals surface area contributed by atoms with E-state index in [1.54, 1.807) is 7.05 Å². The number of rotatable bonds is 5. The molecular weight excluding hydrogens is 413 g/mol. The van der Waals surface area contributed by atoms with Crippen molar-refractivity contribution in [3.8, 4) is 0 Å². The first kappa shape index (κ1) is 20.2. The number of halogens is 1. The van der Waals surface area contributed by atoms with Gasteiger partial charge in [-0.2, -0.15) is 0 Å². The van der Waals surface area contributed by atoms with Crippen LogP contribution in [-0.4, -0.2) is 51.5 Å². The molecular formula is C15H30IN3O2S. The Labute approximate surface area is 153 Å². The normalized spacial score (nSPS) is 29.0. The monoisotopic (exact) mass is 443 g/mol. The third-order valence-electron chi connectivity index (χ3n) is 4.72. The van der Waals surface area contributed by atoms with Gasteiger partial charge in [-0.15, -0.1) is 24.0 Å². The lowest BCUT2D eigenvalue weighted by atomic mass is 9.80. The van der Waals surface area contributed by atoms with Gasteiger partial charge in [0.25, 0.3) is 0 Å². The predicted octanol–water partition coefficient (Wildman–Crippen LogP) is 1.76. The first-order chi connectivity index (χ1) is 10.1. The van der Waals surface area contributed by atoms with Crippen LogP contribution in [0.4, 0.5) is 0 Å². The van der Waals surface area contributed by atoms with Crippen molar-refractivity contribution in [1.29, 1.82) is 0 Å². The van der Waals surface area contributed by atoms with E-state index in [0.717, 1.165) is 56.7 Å². The van der Waals surface area contributed by atoms with Gasteiger partial charge in [0.2, 0.25) is 0 Å². The van der Waals surface area contributed by atoms with Crippen LogP contribution in [0.5, 0.6) is 0 Å². The van der Waals surface area contributed by atoms with Gasteiger partial charge >= 0.3 is 0 Å². The van der Waals surface area contributed by atoms with Gasteiger partial charge < -0.3 is 15.7 Å². The highest BCUT2D eigenvalue weighted by molar-refractivity contribution is 14.0. The van der Waals surface area contributed by atoms with E-state index in [1.165, 1.54) is 0 Å². The van der Waals surface area contributed by atoms with Gasteiger partial charge in [0.15, 0.2) is 5.96 Å². The standard InChI is InChI=1S/C15H29N3O2S.HI/c1-3-21(20)13-7-4-6-12(10-13)18-14(16-2)17-11-15(19)8-5-9-15;/h12-13,19H,3-11H2,1-2H3,(H2,16,17,18);1H. The number of nitrogens with one attached hydrogen (secondary N) is 2. The Morgan fingerprint density at radius 2 is 2.09 bits per heavy atom. The van der Waals surface area contributed by atoms with Gasteiger partial charge in [-0.25, -0.2) is 0 Å². The summed E-state index contributed by atoms with van der Waals surface area (Å²) in [6, 6.07) is 0.335. The molecule has 3 N–H and O–H groups in total. The summed E-state index contributed by atoms with van der Waals surface area (Å²) in [5.74, 6) is 1.50. The van der Waals surface area contributed by atoms with Crippen LogP contribution >= 0.6 is 24.0 Å². The van der Waals surface area contributed by atoms with Crippen molar-refractivity contribution in [3.63, 3.8) is 0 Å². The molecule has 2 fully saturated rings. The van der Waals surface area contributed by atoms with Gasteiger partial charge in [-0.3, -0.25) is 9.20 Å². The fourth-order valence-electron chi connectivity index (χ4n) is 3.15. The maximum Gasteiger partial charge on any atom is 0.191 e. The van der Waals surface area contributed by atoms with Crippen LogP contribution in [0.25, 0.3) is 0 Å². The maximum absolute atomic E-state index is 12.0. The Balaban J connectivity index is 0.00000242. The molecule has 0 aromatic heterocycles. The molecule has 0 aromatic carbocycles. The summed E-state index contributed by atoms with van der Waals surface area (Å²) >= 11 is 0. The van der Waals surface area contributed by atoms with Crippen LogP contribution < -0.4 is 10.6 Å². The molecule has 2 aliphatic rings. The molecule has 5 nitrogen and oxygen atoms in total. The maximum atomic E-state index is 12.0. The highest BCUT2D eigenvalue weighted by atomic mass is 127. The molecule has 3 atom stereocenters. The summed E-state index contributed by atoms with van der Waals surface area (Å²) in [5.41, 5.74) is -0.545. The molecule has 0 amide bonds. The average molecular weight is 443 g/mol. The molecule has 0 spiro atoms. The SMILES string of the molecule is CCS(=O)C1CCCC(NC(=NC)NCC2(O)CCC2)C1.I. The topological polar surface area (TPSA) is 73.7 Å². The Morgan fingerprint density at radius 3 is 2.64 bits per heavy atom. The number of aliphatic imine (C=N–C) groups is 1. The second-order valence-electron chi connectivity index (χ2n) is 6.30. The highest BCUT2D eigenvalue weighted by Crippen LogP contribution is 2.30. The molecule has 2 saturated carbocycles. The lowest BCUT2D eigenvalue weighted by Gasteiger charge is -2.37. The number of aliphatic hydroxyl groups is 1. The molecule has 0 saturated heterocycles. The van der Waals surface area contributed by atoms with E-state index in [4.69, 9.17) is 0 Å². The lowest BCUT2D eigenvalue weighted by molar-refractivity contribution is -0.0279. The summed E-state index contributed by atoms with van der Waals surface area (Å²) in [5, 5.41) is 17.1. The first-order valence-electron chi connectivity index (χ1n) is 8.13. The minimum atomic E-state index is -0.701. The van der Waals surface area contributed by atoms with E-state index in [9.17, 15) is 9.32 Å². The number of hydrogen-bond donors (Lipinski definition) is 3. The quantitative estimate of drug-likeness (QED) is 0.344. The van der Waals surface area contributed by atoms with Gasteiger partial charge in [-0.1, -0.05) is 13.3 Å². The highest BCUT2D eigenvalue weighted by Gasteiger charge is 2.34. The van der Waals surface area contributed by atoms with Crippen molar-refractivity contribution < 1.29 is 9.32 Å². The Hall–Kier alpha value is 0.110. The van der Waals surface area contributed by atoms with Gasteiger partial charge in [0, 0.05) is 41.4 Å². The van der Waals surface area contributed by atoms with Crippen LogP contribution in [0.3, 0.4) is 0 Å². The van der Waals surface area contributed by atoms with E-state index >= 15 is 0 Å². The van der Waals surface area contributed by atoms with Crippen molar-refractivity contribution in [2.24, 2.45) is 4.99 Å². The predicted molar refractivity (Wildman–Crippen MR) is 103 cm³/mol. The van der Waals surface area contributed by atoms with Gasteiger partial charge in [0.05, 0.1) is 5.60 Å². The third kappa shape index (κ3) is 5.63. The van der Waals surface area contributed by atoms with Crippen LogP contribution in [0, 0.1) is 0 Å². The Morgan fingerprint density at radius 1 is 1.36 bits per heavy atom. The molecule has 0 heterocycles. The van der Waals surface area contributed by atoms with Crippen molar-refractivity contribution in [3.05, 3.63) is 0 Å². The zero-order chi connectivity index (χ0) is 15.3. The summed E-state index contributed by atoms with van der Waals surface area (Å²) < 4.78 is 12.0. The fourth-order valence-corrected chi connectivity index (χ4v) is 4.50. The van der Waals surface area contributed by atoms with Gasteiger partial charge in [0.1, 0.15) is 0 Å².